The van der Waals surface area contributed by atoms with Crippen LogP contribution in [0.15, 0.2) is 75.7 Å². The van der Waals surface area contributed by atoms with Crippen molar-refractivity contribution < 1.29 is 14.0 Å². The molecular formula is C22H18FN3O2S2. The number of nitrogens with two attached hydrogens (primary N) is 1. The molecule has 0 spiro atoms. The minimum atomic E-state index is -0.646. The van der Waals surface area contributed by atoms with Crippen LogP contribution in [0.2, 0.25) is 0 Å². The summed E-state index contributed by atoms with van der Waals surface area (Å²) in [6.45, 7) is 1.59. The van der Waals surface area contributed by atoms with E-state index < -0.39 is 17.6 Å². The minimum Gasteiger partial charge on any atom is -0.366 e. The van der Waals surface area contributed by atoms with Crippen molar-refractivity contribution in [1.82, 2.24) is 4.31 Å². The molecule has 0 fully saturated rings. The number of hydrogen-bond donors (Lipinski definition) is 2. The summed E-state index contributed by atoms with van der Waals surface area (Å²) in [5, 5.41) is 2.94. The van der Waals surface area contributed by atoms with Crippen molar-refractivity contribution in [2.24, 2.45) is 5.73 Å². The van der Waals surface area contributed by atoms with Gasteiger partial charge < -0.3 is 11.1 Å². The van der Waals surface area contributed by atoms with Gasteiger partial charge in [0.15, 0.2) is 0 Å². The number of thiophene rings is 1. The highest BCUT2D eigenvalue weighted by Crippen LogP contribution is 2.38. The normalized spacial score (nSPS) is 15.8. The highest BCUT2D eigenvalue weighted by atomic mass is 32.2. The Morgan fingerprint density at radius 1 is 1.23 bits per heavy atom. The summed E-state index contributed by atoms with van der Waals surface area (Å²) in [5.74, 6) is -1.89. The van der Waals surface area contributed by atoms with Gasteiger partial charge in [0.25, 0.3) is 11.8 Å². The van der Waals surface area contributed by atoms with Crippen LogP contribution in [0.25, 0.3) is 0 Å². The van der Waals surface area contributed by atoms with Crippen LogP contribution in [0, 0.1) is 5.82 Å². The summed E-state index contributed by atoms with van der Waals surface area (Å²) in [7, 11) is 0. The predicted molar refractivity (Wildman–Crippen MR) is 118 cm³/mol. The van der Waals surface area contributed by atoms with E-state index in [-0.39, 0.29) is 11.1 Å². The lowest BCUT2D eigenvalue weighted by Crippen LogP contribution is -2.24. The molecule has 8 heteroatoms. The molecule has 0 radical (unpaired) electrons. The first-order valence-electron chi connectivity index (χ1n) is 9.25. The van der Waals surface area contributed by atoms with E-state index in [4.69, 9.17) is 5.73 Å². The third-order valence-electron chi connectivity index (χ3n) is 4.68. The van der Waals surface area contributed by atoms with Crippen molar-refractivity contribution in [2.45, 2.75) is 10.6 Å². The summed E-state index contributed by atoms with van der Waals surface area (Å²) in [5.41, 5.74) is 11.3. The first-order chi connectivity index (χ1) is 14.5. The molecule has 2 amide bonds. The number of allylic oxidation sites excluding steroid dienone is 2. The number of benzene rings is 1. The Hall–Kier alpha value is -2.90. The quantitative estimate of drug-likeness (QED) is 0.530. The maximum absolute atomic E-state index is 13.9. The third kappa shape index (κ3) is 4.47. The molecule has 5 nitrogen and oxygen atoms in total. The zero-order valence-electron chi connectivity index (χ0n) is 15.9. The van der Waals surface area contributed by atoms with Gasteiger partial charge in [-0.3, -0.25) is 9.59 Å². The average molecular weight is 440 g/mol. The maximum Gasteiger partial charge on any atom is 0.259 e. The summed E-state index contributed by atoms with van der Waals surface area (Å²) >= 11 is 2.76. The van der Waals surface area contributed by atoms with Crippen LogP contribution >= 0.6 is 23.3 Å². The number of carbonyl (C=O) groups is 2. The van der Waals surface area contributed by atoms with E-state index >= 15 is 0 Å². The topological polar surface area (TPSA) is 75.4 Å². The van der Waals surface area contributed by atoms with Gasteiger partial charge in [-0.15, -0.1) is 17.1 Å². The van der Waals surface area contributed by atoms with Gasteiger partial charge in [0.05, 0.1) is 15.3 Å². The first kappa shape index (κ1) is 20.4. The first-order valence-corrected chi connectivity index (χ1v) is 10.8. The van der Waals surface area contributed by atoms with Crippen molar-refractivity contribution >= 4 is 40.1 Å². The molecule has 1 aromatic carbocycles. The summed E-state index contributed by atoms with van der Waals surface area (Å²) in [4.78, 5) is 24.3. The third-order valence-corrected chi connectivity index (χ3v) is 6.86. The number of nitrogens with one attached hydrogen (secondary N) is 1. The second-order valence-corrected chi connectivity index (χ2v) is 9.15. The van der Waals surface area contributed by atoms with Gasteiger partial charge in [-0.25, -0.2) is 8.70 Å². The number of hydrogen-bond acceptors (Lipinski definition) is 5. The van der Waals surface area contributed by atoms with E-state index in [0.29, 0.717) is 5.00 Å². The Morgan fingerprint density at radius 3 is 2.87 bits per heavy atom. The van der Waals surface area contributed by atoms with Crippen LogP contribution in [0.1, 0.15) is 27.1 Å². The van der Waals surface area contributed by atoms with E-state index in [1.165, 1.54) is 52.6 Å². The minimum absolute atomic E-state index is 0.0905. The Morgan fingerprint density at radius 2 is 2.07 bits per heavy atom. The van der Waals surface area contributed by atoms with Crippen LogP contribution in [-0.4, -0.2) is 29.2 Å². The number of rotatable bonds is 5. The van der Waals surface area contributed by atoms with E-state index in [1.54, 1.807) is 12.1 Å². The number of halogens is 1. The molecule has 1 aromatic heterocycles. The zero-order chi connectivity index (χ0) is 21.1. The Kier molecular flexibility index (Phi) is 6.01. The predicted octanol–water partition coefficient (Wildman–Crippen LogP) is 4.53. The van der Waals surface area contributed by atoms with Gasteiger partial charge in [0, 0.05) is 13.1 Å². The van der Waals surface area contributed by atoms with Gasteiger partial charge >= 0.3 is 0 Å². The van der Waals surface area contributed by atoms with E-state index in [9.17, 15) is 14.0 Å². The number of carbonyl (C=O) groups excluding carboxylic acids is 2. The Labute approximate surface area is 181 Å². The fourth-order valence-corrected chi connectivity index (χ4v) is 5.50. The molecule has 0 saturated carbocycles. The molecule has 2 aromatic rings. The molecule has 3 N–H and O–H groups in total. The number of anilines is 1. The second-order valence-electron chi connectivity index (χ2n) is 6.70. The lowest BCUT2D eigenvalue weighted by molar-refractivity contribution is 0.100. The average Bonchev–Trinajstić information content (AvgIpc) is 2.96. The Balaban J connectivity index is 1.52. The van der Waals surface area contributed by atoms with Crippen LogP contribution in [0.5, 0.6) is 0 Å². The monoisotopic (exact) mass is 439 g/mol. The standard InChI is InChI=1S/C22H18FN3O2S2/c23-18-9-5-4-8-16(18)21(28)25-22-17(20(24)27)12-19(29-22)30-26-11-10-14-6-2-1-3-7-15(14)13-26/h1-2,4-9,12H,10-11,13H2,(H2,24,27)(H,25,28). The van der Waals surface area contributed by atoms with Gasteiger partial charge in [-0.1, -0.05) is 24.3 Å². The number of amides is 2. The van der Waals surface area contributed by atoms with Crippen LogP contribution < -0.4 is 11.1 Å². The molecule has 0 atom stereocenters. The molecule has 0 saturated heterocycles. The van der Waals surface area contributed by atoms with Gasteiger partial charge in [-0.2, -0.15) is 0 Å². The summed E-state index contributed by atoms with van der Waals surface area (Å²) in [6, 6.07) is 7.36. The van der Waals surface area contributed by atoms with Gasteiger partial charge in [-0.05, 0) is 59.9 Å². The van der Waals surface area contributed by atoms with Gasteiger partial charge in [0.2, 0.25) is 0 Å². The van der Waals surface area contributed by atoms with Crippen molar-refractivity contribution in [2.75, 3.05) is 18.4 Å². The molecule has 2 heterocycles. The number of nitrogens with zero attached hydrogens (tertiary/aromatic N) is 1. The van der Waals surface area contributed by atoms with E-state index in [1.807, 2.05) is 18.2 Å². The molecule has 2 aliphatic rings. The van der Waals surface area contributed by atoms with Crippen molar-refractivity contribution in [1.29, 1.82) is 0 Å². The molecule has 0 unspecified atom stereocenters. The highest BCUT2D eigenvalue weighted by Gasteiger charge is 2.22. The van der Waals surface area contributed by atoms with E-state index in [0.717, 1.165) is 23.7 Å². The van der Waals surface area contributed by atoms with Gasteiger partial charge in [0.1, 0.15) is 10.8 Å². The molecule has 4 rings (SSSR count). The van der Waals surface area contributed by atoms with Crippen molar-refractivity contribution in [3.63, 3.8) is 0 Å². The summed E-state index contributed by atoms with van der Waals surface area (Å²) in [6.07, 6.45) is 8.89. The van der Waals surface area contributed by atoms with Crippen LogP contribution in [-0.2, 0) is 0 Å². The fraction of sp³-hybridized carbons (Fsp3) is 0.136. The number of primary amides is 1. The van der Waals surface area contributed by atoms with Crippen LogP contribution in [0.4, 0.5) is 9.39 Å². The lowest BCUT2D eigenvalue weighted by atomic mass is 10.0. The molecule has 0 bridgehead atoms. The zero-order valence-corrected chi connectivity index (χ0v) is 17.5. The smallest absolute Gasteiger partial charge is 0.259 e. The second kappa shape index (κ2) is 8.85. The Bertz CT molecular complexity index is 1140. The molecule has 1 aliphatic heterocycles. The maximum atomic E-state index is 13.9. The molecule has 30 heavy (non-hydrogen) atoms. The largest absolute Gasteiger partial charge is 0.366 e. The molecule has 152 valence electrons. The summed E-state index contributed by atoms with van der Waals surface area (Å²) < 4.78 is 16.9. The SMILES string of the molecule is NC(=O)c1cc(SN2CCC3=C(C=C=CC=C3)C2)sc1NC(=O)c1ccccc1F. The van der Waals surface area contributed by atoms with Crippen molar-refractivity contribution in [3.8, 4) is 0 Å². The highest BCUT2D eigenvalue weighted by molar-refractivity contribution is 7.99. The fourth-order valence-electron chi connectivity index (χ4n) is 3.18. The molecular weight excluding hydrogens is 421 g/mol. The van der Waals surface area contributed by atoms with Crippen LogP contribution in [0.3, 0.4) is 0 Å². The van der Waals surface area contributed by atoms with Crippen molar-refractivity contribution in [3.05, 3.63) is 88.5 Å². The molecule has 1 aliphatic carbocycles. The van der Waals surface area contributed by atoms with E-state index in [2.05, 4.69) is 21.4 Å². The lowest BCUT2D eigenvalue weighted by Gasteiger charge is -2.26.